The minimum absolute atomic E-state index is 0.0256. The zero-order chi connectivity index (χ0) is 22.5. The first kappa shape index (κ1) is 25.3. The Labute approximate surface area is 193 Å². The van der Waals surface area contributed by atoms with Crippen molar-refractivity contribution in [1.82, 2.24) is 10.3 Å². The first-order valence-electron chi connectivity index (χ1n) is 10.8. The lowest BCUT2D eigenvalue weighted by atomic mass is 9.95. The fourth-order valence-electron chi connectivity index (χ4n) is 3.33. The van der Waals surface area contributed by atoms with Crippen LogP contribution in [0.4, 0.5) is 0 Å². The molecule has 1 heterocycles. The maximum absolute atomic E-state index is 12.8. The minimum atomic E-state index is -0.869. The molecule has 1 aromatic rings. The van der Waals surface area contributed by atoms with E-state index >= 15 is 0 Å². The van der Waals surface area contributed by atoms with Crippen LogP contribution >= 0.6 is 23.5 Å². The number of aromatic nitrogens is 1. The third-order valence-corrected chi connectivity index (χ3v) is 6.89. The molecule has 0 aromatic carbocycles. The SMILES string of the molecule is C=C/C=C(\C=C/CSc1ccc(C(=O)NC2CCCCC2)c(SCCC)n1)CC(=O)O. The lowest BCUT2D eigenvalue weighted by molar-refractivity contribution is -0.136. The van der Waals surface area contributed by atoms with Gasteiger partial charge in [-0.2, -0.15) is 0 Å². The van der Waals surface area contributed by atoms with Crippen molar-refractivity contribution in [3.05, 3.63) is 54.2 Å². The van der Waals surface area contributed by atoms with E-state index in [0.29, 0.717) is 16.9 Å². The molecule has 2 N–H and O–H groups in total. The van der Waals surface area contributed by atoms with Crippen molar-refractivity contribution in [3.63, 3.8) is 0 Å². The molecule has 7 heteroatoms. The molecular formula is C24H32N2O3S2. The molecular weight excluding hydrogens is 428 g/mol. The van der Waals surface area contributed by atoms with Gasteiger partial charge in [-0.05, 0) is 42.7 Å². The van der Waals surface area contributed by atoms with E-state index in [1.54, 1.807) is 35.7 Å². The second kappa shape index (κ2) is 14.1. The van der Waals surface area contributed by atoms with Crippen molar-refractivity contribution in [2.45, 2.75) is 68.0 Å². The zero-order valence-electron chi connectivity index (χ0n) is 18.1. The highest BCUT2D eigenvalue weighted by molar-refractivity contribution is 8.00. The summed E-state index contributed by atoms with van der Waals surface area (Å²) in [5.41, 5.74) is 1.35. The van der Waals surface area contributed by atoms with Crippen LogP contribution in [0.1, 0.15) is 62.2 Å². The molecule has 1 aliphatic carbocycles. The highest BCUT2D eigenvalue weighted by atomic mass is 32.2. The number of carbonyl (C=O) groups excluding carboxylic acids is 1. The molecule has 0 saturated heterocycles. The Morgan fingerprint density at radius 2 is 2.03 bits per heavy atom. The van der Waals surface area contributed by atoms with Crippen LogP contribution in [0.25, 0.3) is 0 Å². The number of allylic oxidation sites excluding steroid dienone is 3. The van der Waals surface area contributed by atoms with Gasteiger partial charge in [0.25, 0.3) is 5.91 Å². The molecule has 1 fully saturated rings. The molecule has 0 aliphatic heterocycles. The Hall–Kier alpha value is -1.99. The summed E-state index contributed by atoms with van der Waals surface area (Å²) in [7, 11) is 0. The minimum Gasteiger partial charge on any atom is -0.481 e. The standard InChI is InChI=1S/C24H32N2O3S2/c1-3-9-18(17-22(27)28)10-8-16-30-21-14-13-20(24(26-21)31-15-4-2)23(29)25-19-11-6-5-7-12-19/h3,8-10,13-14,19H,1,4-7,11-12,15-17H2,2H3,(H,25,29)(H,27,28)/b10-8-,18-9+. The summed E-state index contributed by atoms with van der Waals surface area (Å²) in [5, 5.41) is 13.8. The van der Waals surface area contributed by atoms with Crippen molar-refractivity contribution in [2.75, 3.05) is 11.5 Å². The number of carboxylic acid groups (broad SMARTS) is 1. The quantitative estimate of drug-likeness (QED) is 0.299. The fourth-order valence-corrected chi connectivity index (χ4v) is 4.95. The van der Waals surface area contributed by atoms with E-state index < -0.39 is 5.97 Å². The van der Waals surface area contributed by atoms with E-state index in [2.05, 4.69) is 18.8 Å². The molecule has 1 aliphatic rings. The molecule has 31 heavy (non-hydrogen) atoms. The largest absolute Gasteiger partial charge is 0.481 e. The number of hydrogen-bond donors (Lipinski definition) is 2. The van der Waals surface area contributed by atoms with Gasteiger partial charge in [-0.25, -0.2) is 4.98 Å². The number of aliphatic carboxylic acids is 1. The number of rotatable bonds is 12. The van der Waals surface area contributed by atoms with Crippen molar-refractivity contribution in [3.8, 4) is 0 Å². The van der Waals surface area contributed by atoms with Crippen LogP contribution in [0.5, 0.6) is 0 Å². The molecule has 0 spiro atoms. The van der Waals surface area contributed by atoms with Crippen LogP contribution in [0.15, 0.2) is 58.6 Å². The number of nitrogens with one attached hydrogen (secondary N) is 1. The Morgan fingerprint density at radius 3 is 2.71 bits per heavy atom. The van der Waals surface area contributed by atoms with Crippen LogP contribution in [0, 0.1) is 0 Å². The van der Waals surface area contributed by atoms with Crippen molar-refractivity contribution < 1.29 is 14.7 Å². The fraction of sp³-hybridized carbons (Fsp3) is 0.458. The second-order valence-electron chi connectivity index (χ2n) is 7.42. The molecule has 0 unspecified atom stereocenters. The van der Waals surface area contributed by atoms with E-state index in [4.69, 9.17) is 10.1 Å². The molecule has 0 bridgehead atoms. The van der Waals surface area contributed by atoms with E-state index in [-0.39, 0.29) is 18.4 Å². The van der Waals surface area contributed by atoms with E-state index in [0.717, 1.165) is 35.1 Å². The topological polar surface area (TPSA) is 79.3 Å². The summed E-state index contributed by atoms with van der Waals surface area (Å²) >= 11 is 3.18. The normalized spacial score (nSPS) is 15.2. The molecule has 0 atom stereocenters. The van der Waals surface area contributed by atoms with Gasteiger partial charge in [-0.1, -0.05) is 57.1 Å². The van der Waals surface area contributed by atoms with E-state index in [1.165, 1.54) is 19.3 Å². The van der Waals surface area contributed by atoms with Crippen LogP contribution in [0.2, 0.25) is 0 Å². The van der Waals surface area contributed by atoms with Crippen LogP contribution in [-0.4, -0.2) is 39.5 Å². The van der Waals surface area contributed by atoms with Gasteiger partial charge in [0.15, 0.2) is 0 Å². The Bertz CT molecular complexity index is 815. The maximum Gasteiger partial charge on any atom is 0.307 e. The second-order valence-corrected chi connectivity index (χ2v) is 9.54. The third kappa shape index (κ3) is 9.35. The first-order chi connectivity index (χ1) is 15.0. The van der Waals surface area contributed by atoms with Crippen LogP contribution in [-0.2, 0) is 4.79 Å². The number of amides is 1. The maximum atomic E-state index is 12.8. The van der Waals surface area contributed by atoms with Gasteiger partial charge in [0, 0.05) is 11.8 Å². The number of pyridine rings is 1. The van der Waals surface area contributed by atoms with Crippen molar-refractivity contribution >= 4 is 35.4 Å². The molecule has 1 amide bonds. The number of carboxylic acids is 1. The smallest absolute Gasteiger partial charge is 0.307 e. The van der Waals surface area contributed by atoms with Crippen molar-refractivity contribution in [2.24, 2.45) is 0 Å². The van der Waals surface area contributed by atoms with Gasteiger partial charge in [0.2, 0.25) is 0 Å². The monoisotopic (exact) mass is 460 g/mol. The summed E-state index contributed by atoms with van der Waals surface area (Å²) in [5.74, 6) is 0.677. The lowest BCUT2D eigenvalue weighted by Gasteiger charge is -2.23. The van der Waals surface area contributed by atoms with Gasteiger partial charge in [-0.3, -0.25) is 9.59 Å². The molecule has 1 saturated carbocycles. The zero-order valence-corrected chi connectivity index (χ0v) is 19.8. The predicted octanol–water partition coefficient (Wildman–Crippen LogP) is 5.88. The molecule has 1 aromatic heterocycles. The first-order valence-corrected chi connectivity index (χ1v) is 12.8. The lowest BCUT2D eigenvalue weighted by Crippen LogP contribution is -2.36. The molecule has 2 rings (SSSR count). The average molecular weight is 461 g/mol. The Kier molecular flexibility index (Phi) is 11.5. The van der Waals surface area contributed by atoms with Gasteiger partial charge in [0.1, 0.15) is 5.03 Å². The molecule has 5 nitrogen and oxygen atoms in total. The Morgan fingerprint density at radius 1 is 1.26 bits per heavy atom. The summed E-state index contributed by atoms with van der Waals surface area (Å²) in [6.07, 6.45) is 13.7. The Balaban J connectivity index is 2.03. The van der Waals surface area contributed by atoms with Gasteiger partial charge in [-0.15, -0.1) is 23.5 Å². The predicted molar refractivity (Wildman–Crippen MR) is 130 cm³/mol. The summed E-state index contributed by atoms with van der Waals surface area (Å²) in [6, 6.07) is 4.04. The summed E-state index contributed by atoms with van der Waals surface area (Å²) in [4.78, 5) is 28.5. The number of carbonyl (C=O) groups is 2. The third-order valence-electron chi connectivity index (χ3n) is 4.81. The summed E-state index contributed by atoms with van der Waals surface area (Å²) < 4.78 is 0. The van der Waals surface area contributed by atoms with Crippen LogP contribution in [0.3, 0.4) is 0 Å². The molecule has 0 radical (unpaired) electrons. The highest BCUT2D eigenvalue weighted by Gasteiger charge is 2.19. The molecule has 168 valence electrons. The number of thioether (sulfide) groups is 2. The van der Waals surface area contributed by atoms with Crippen LogP contribution < -0.4 is 5.32 Å². The van der Waals surface area contributed by atoms with Crippen molar-refractivity contribution in [1.29, 1.82) is 0 Å². The van der Waals surface area contributed by atoms with Gasteiger partial charge in [0.05, 0.1) is 17.0 Å². The summed E-state index contributed by atoms with van der Waals surface area (Å²) in [6.45, 7) is 5.74. The van der Waals surface area contributed by atoms with Gasteiger partial charge >= 0.3 is 5.97 Å². The average Bonchev–Trinajstić information content (AvgIpc) is 2.75. The van der Waals surface area contributed by atoms with Gasteiger partial charge < -0.3 is 10.4 Å². The van der Waals surface area contributed by atoms with E-state index in [1.807, 2.05) is 24.3 Å². The number of hydrogen-bond acceptors (Lipinski definition) is 5. The number of nitrogens with zero attached hydrogens (tertiary/aromatic N) is 1. The highest BCUT2D eigenvalue weighted by Crippen LogP contribution is 2.27. The van der Waals surface area contributed by atoms with E-state index in [9.17, 15) is 9.59 Å².